The van der Waals surface area contributed by atoms with Crippen LogP contribution in [0.5, 0.6) is 5.75 Å². The van der Waals surface area contributed by atoms with Crippen molar-refractivity contribution in [1.29, 1.82) is 0 Å². The van der Waals surface area contributed by atoms with Crippen molar-refractivity contribution in [3.63, 3.8) is 0 Å². The molecule has 6 rings (SSSR count). The Morgan fingerprint density at radius 3 is 2.62 bits per heavy atom. The minimum atomic E-state index is -1.13. The van der Waals surface area contributed by atoms with Crippen LogP contribution in [0.2, 0.25) is 0 Å². The zero-order valence-electron chi connectivity index (χ0n) is 21.2. The normalized spacial score (nSPS) is 37.0. The monoisotopic (exact) mass is 460 g/mol. The molecule has 2 heterocycles. The third-order valence-corrected chi connectivity index (χ3v) is 9.88. The molecule has 1 aromatic carbocycles. The molecule has 1 N–H and O–H groups in total. The highest BCUT2D eigenvalue weighted by atomic mass is 16.5. The summed E-state index contributed by atoms with van der Waals surface area (Å²) in [6.07, 6.45) is 10.1. The second-order valence-electron chi connectivity index (χ2n) is 11.8. The summed E-state index contributed by atoms with van der Waals surface area (Å²) in [4.78, 5) is 13.6. The number of aliphatic hydroxyl groups is 1. The molecule has 6 atom stereocenters. The van der Waals surface area contributed by atoms with E-state index in [1.165, 1.54) is 16.7 Å². The molecule has 6 unspecified atom stereocenters. The maximum atomic E-state index is 13.6. The van der Waals surface area contributed by atoms with Gasteiger partial charge in [-0.15, -0.1) is 0 Å². The van der Waals surface area contributed by atoms with Gasteiger partial charge in [0.1, 0.15) is 6.10 Å². The summed E-state index contributed by atoms with van der Waals surface area (Å²) in [5, 5.41) is 13.0. The molecule has 4 nitrogen and oxygen atoms in total. The molecule has 0 saturated heterocycles. The second kappa shape index (κ2) is 7.10. The first-order chi connectivity index (χ1) is 16.1. The van der Waals surface area contributed by atoms with Gasteiger partial charge in [-0.05, 0) is 87.5 Å². The summed E-state index contributed by atoms with van der Waals surface area (Å²) >= 11 is 0. The molecule has 0 radical (unpaired) electrons. The molecule has 3 aliphatic carbocycles. The molecule has 1 fully saturated rings. The van der Waals surface area contributed by atoms with Crippen LogP contribution in [0.15, 0.2) is 34.0 Å². The topological polar surface area (TPSA) is 59.7 Å². The first-order valence-electron chi connectivity index (χ1n) is 13.0. The molecular formula is C30H36O4. The van der Waals surface area contributed by atoms with Crippen LogP contribution < -0.4 is 4.74 Å². The highest BCUT2D eigenvalue weighted by Gasteiger charge is 2.55. The van der Waals surface area contributed by atoms with Crippen LogP contribution in [-0.2, 0) is 4.79 Å². The lowest BCUT2D eigenvalue weighted by Gasteiger charge is -2.50. The van der Waals surface area contributed by atoms with Crippen LogP contribution in [-0.4, -0.2) is 22.6 Å². The van der Waals surface area contributed by atoms with Crippen LogP contribution in [0.1, 0.15) is 93.9 Å². The third-order valence-electron chi connectivity index (χ3n) is 9.88. The van der Waals surface area contributed by atoms with Gasteiger partial charge in [0.15, 0.2) is 22.7 Å². The molecule has 4 aliphatic rings. The van der Waals surface area contributed by atoms with Crippen molar-refractivity contribution in [1.82, 2.24) is 0 Å². The van der Waals surface area contributed by atoms with E-state index in [9.17, 15) is 9.90 Å². The predicted molar refractivity (Wildman–Crippen MR) is 133 cm³/mol. The molecule has 1 aromatic heterocycles. The van der Waals surface area contributed by atoms with E-state index in [0.29, 0.717) is 17.4 Å². The van der Waals surface area contributed by atoms with Crippen molar-refractivity contribution in [3.05, 3.63) is 51.8 Å². The van der Waals surface area contributed by atoms with Crippen molar-refractivity contribution >= 4 is 16.8 Å². The second-order valence-corrected chi connectivity index (χ2v) is 11.8. The molecule has 34 heavy (non-hydrogen) atoms. The fraction of sp³-hybridized carbons (Fsp3) is 0.567. The van der Waals surface area contributed by atoms with Gasteiger partial charge in [0.05, 0.1) is 6.26 Å². The Kier molecular flexibility index (Phi) is 4.63. The maximum Gasteiger partial charge on any atom is 0.185 e. The number of hydrogen-bond donors (Lipinski definition) is 1. The van der Waals surface area contributed by atoms with E-state index in [4.69, 9.17) is 9.15 Å². The minimum absolute atomic E-state index is 0.0186. The highest BCUT2D eigenvalue weighted by Crippen LogP contribution is 2.58. The lowest BCUT2D eigenvalue weighted by atomic mass is 9.59. The summed E-state index contributed by atoms with van der Waals surface area (Å²) in [5.41, 5.74) is 6.00. The molecule has 1 aliphatic heterocycles. The van der Waals surface area contributed by atoms with Gasteiger partial charge in [0.25, 0.3) is 0 Å². The Labute approximate surface area is 202 Å². The summed E-state index contributed by atoms with van der Waals surface area (Å²) < 4.78 is 12.9. The number of hydrogen-bond acceptors (Lipinski definition) is 4. The van der Waals surface area contributed by atoms with E-state index in [-0.39, 0.29) is 17.1 Å². The Hall–Kier alpha value is -2.33. The van der Waals surface area contributed by atoms with Crippen LogP contribution in [0, 0.1) is 25.2 Å². The molecular weight excluding hydrogens is 424 g/mol. The molecule has 1 saturated carbocycles. The van der Waals surface area contributed by atoms with Crippen LogP contribution in [0.4, 0.5) is 0 Å². The number of aryl methyl sites for hydroxylation is 2. The fourth-order valence-corrected chi connectivity index (χ4v) is 7.61. The van der Waals surface area contributed by atoms with Crippen LogP contribution >= 0.6 is 0 Å². The Morgan fingerprint density at radius 1 is 1.09 bits per heavy atom. The molecule has 2 aromatic rings. The number of allylic oxidation sites excluding steroid dienone is 3. The molecule has 0 bridgehead atoms. The third kappa shape index (κ3) is 2.66. The quantitative estimate of drug-likeness (QED) is 0.508. The lowest BCUT2D eigenvalue weighted by molar-refractivity contribution is -0.117. The van der Waals surface area contributed by atoms with E-state index < -0.39 is 11.7 Å². The summed E-state index contributed by atoms with van der Waals surface area (Å²) in [6, 6.07) is 0. The van der Waals surface area contributed by atoms with Crippen LogP contribution in [0.3, 0.4) is 0 Å². The van der Waals surface area contributed by atoms with Gasteiger partial charge in [0, 0.05) is 27.9 Å². The minimum Gasteiger partial charge on any atom is -0.476 e. The summed E-state index contributed by atoms with van der Waals surface area (Å²) in [6.45, 7) is 13.0. The smallest absolute Gasteiger partial charge is 0.185 e. The van der Waals surface area contributed by atoms with Crippen molar-refractivity contribution in [2.45, 2.75) is 97.2 Å². The number of aliphatic hydroxyl groups excluding tert-OH is 1. The van der Waals surface area contributed by atoms with Gasteiger partial charge >= 0.3 is 0 Å². The number of fused-ring (bicyclic) bond motifs is 3. The van der Waals surface area contributed by atoms with Gasteiger partial charge in [-0.3, -0.25) is 4.79 Å². The number of furan rings is 1. The number of carbonyl (C=O) groups is 1. The van der Waals surface area contributed by atoms with E-state index >= 15 is 0 Å². The molecule has 0 amide bonds. The first kappa shape index (κ1) is 22.2. The zero-order valence-corrected chi connectivity index (χ0v) is 21.2. The van der Waals surface area contributed by atoms with Crippen LogP contribution in [0.25, 0.3) is 11.0 Å². The van der Waals surface area contributed by atoms with Gasteiger partial charge in [-0.1, -0.05) is 32.4 Å². The largest absolute Gasteiger partial charge is 0.476 e. The molecule has 4 heteroatoms. The molecule has 180 valence electrons. The van der Waals surface area contributed by atoms with Crippen molar-refractivity contribution in [2.24, 2.45) is 11.3 Å². The highest BCUT2D eigenvalue weighted by molar-refractivity contribution is 6.07. The first-order valence-corrected chi connectivity index (χ1v) is 13.0. The lowest BCUT2D eigenvalue weighted by Crippen LogP contribution is -2.55. The van der Waals surface area contributed by atoms with E-state index in [1.807, 2.05) is 13.0 Å². The molecule has 0 spiro atoms. The van der Waals surface area contributed by atoms with Gasteiger partial charge < -0.3 is 14.3 Å². The Morgan fingerprint density at radius 2 is 1.85 bits per heavy atom. The number of benzene rings is 1. The number of carbonyl (C=O) groups excluding carboxylic acids is 1. The van der Waals surface area contributed by atoms with Gasteiger partial charge in [0.2, 0.25) is 0 Å². The summed E-state index contributed by atoms with van der Waals surface area (Å²) in [7, 11) is 0. The van der Waals surface area contributed by atoms with E-state index in [0.717, 1.165) is 59.9 Å². The van der Waals surface area contributed by atoms with Crippen molar-refractivity contribution in [2.75, 3.05) is 0 Å². The van der Waals surface area contributed by atoms with E-state index in [1.54, 1.807) is 6.26 Å². The average molecular weight is 461 g/mol. The number of rotatable bonds is 1. The standard InChI is InChI=1S/C30H36O4/c1-15-10-11-20-25-23(15)18(4)24-16(2)14-33-26(24)27(25)34-30(6,28(20)32)21-13-29(5)17(3)8-7-9-19(29)12-22(21)31/h12-15,17,20,28,32H,7-11H2,1-6H3. The van der Waals surface area contributed by atoms with Gasteiger partial charge in [-0.25, -0.2) is 0 Å². The SMILES string of the molecule is Cc1coc2c3c4c(c(C)c12)C(C)CCC4C(O)C(C)(C1=CC2(C)C(=CC1=O)CCCC2C)O3. The Bertz CT molecular complexity index is 1290. The summed E-state index contributed by atoms with van der Waals surface area (Å²) in [5.74, 6) is 1.47. The zero-order chi connectivity index (χ0) is 24.2. The fourth-order valence-electron chi connectivity index (χ4n) is 7.61. The van der Waals surface area contributed by atoms with E-state index in [2.05, 4.69) is 40.7 Å². The maximum absolute atomic E-state index is 13.6. The van der Waals surface area contributed by atoms with Crippen molar-refractivity contribution < 1.29 is 19.1 Å². The predicted octanol–water partition coefficient (Wildman–Crippen LogP) is 6.80. The van der Waals surface area contributed by atoms with Crippen molar-refractivity contribution in [3.8, 4) is 5.75 Å². The number of ketones is 1. The van der Waals surface area contributed by atoms with Gasteiger partial charge in [-0.2, -0.15) is 0 Å². The Balaban J connectivity index is 1.58. The average Bonchev–Trinajstić information content (AvgIpc) is 3.18. The number of ether oxygens (including phenoxy) is 1.